The van der Waals surface area contributed by atoms with Crippen molar-refractivity contribution in [1.82, 2.24) is 9.62 Å². The van der Waals surface area contributed by atoms with Crippen molar-refractivity contribution in [3.63, 3.8) is 0 Å². The lowest BCUT2D eigenvalue weighted by atomic mass is 9.83. The smallest absolute Gasteiger partial charge is 0.243 e. The SMILES string of the molecule is CC1CN(S(=O)(=O)c2ccc(NCC(=O)NC3(C#N)CCCCC3)cc2)CC(C)O1. The summed E-state index contributed by atoms with van der Waals surface area (Å²) in [6.07, 6.45) is 4.04. The molecule has 2 N–H and O–H groups in total. The molecular weight excluding hydrogens is 404 g/mol. The molecule has 2 unspecified atom stereocenters. The average Bonchev–Trinajstić information content (AvgIpc) is 2.72. The van der Waals surface area contributed by atoms with Gasteiger partial charge in [0, 0.05) is 18.8 Å². The molecule has 2 fully saturated rings. The fourth-order valence-electron chi connectivity index (χ4n) is 4.13. The van der Waals surface area contributed by atoms with Crippen molar-refractivity contribution in [2.24, 2.45) is 0 Å². The number of rotatable bonds is 6. The molecule has 3 rings (SSSR count). The zero-order valence-electron chi connectivity index (χ0n) is 17.6. The number of ether oxygens (including phenoxy) is 1. The van der Waals surface area contributed by atoms with Crippen molar-refractivity contribution in [3.8, 4) is 6.07 Å². The number of anilines is 1. The second-order valence-electron chi connectivity index (χ2n) is 8.26. The zero-order valence-corrected chi connectivity index (χ0v) is 18.4. The van der Waals surface area contributed by atoms with Gasteiger partial charge in [-0.3, -0.25) is 4.79 Å². The van der Waals surface area contributed by atoms with Crippen molar-refractivity contribution in [2.75, 3.05) is 25.0 Å². The van der Waals surface area contributed by atoms with Crippen LogP contribution < -0.4 is 10.6 Å². The number of carbonyl (C=O) groups excluding carboxylic acids is 1. The van der Waals surface area contributed by atoms with Gasteiger partial charge >= 0.3 is 0 Å². The molecule has 30 heavy (non-hydrogen) atoms. The minimum absolute atomic E-state index is 0.0218. The third kappa shape index (κ3) is 5.31. The fourth-order valence-corrected chi connectivity index (χ4v) is 5.72. The summed E-state index contributed by atoms with van der Waals surface area (Å²) in [6, 6.07) is 8.64. The van der Waals surface area contributed by atoms with E-state index in [2.05, 4.69) is 16.7 Å². The molecule has 8 nitrogen and oxygen atoms in total. The first-order valence-corrected chi connectivity index (χ1v) is 11.9. The average molecular weight is 435 g/mol. The molecule has 1 saturated heterocycles. The zero-order chi connectivity index (χ0) is 21.8. The van der Waals surface area contributed by atoms with Gasteiger partial charge in [0.15, 0.2) is 0 Å². The highest BCUT2D eigenvalue weighted by Gasteiger charge is 2.34. The van der Waals surface area contributed by atoms with Gasteiger partial charge in [-0.2, -0.15) is 9.57 Å². The monoisotopic (exact) mass is 434 g/mol. The fraction of sp³-hybridized carbons (Fsp3) is 0.619. The Hall–Kier alpha value is -2.15. The molecule has 0 aromatic heterocycles. The number of nitriles is 1. The van der Waals surface area contributed by atoms with Gasteiger partial charge in [-0.05, 0) is 51.0 Å². The number of hydrogen-bond donors (Lipinski definition) is 2. The van der Waals surface area contributed by atoms with E-state index >= 15 is 0 Å². The van der Waals surface area contributed by atoms with Crippen LogP contribution in [0.2, 0.25) is 0 Å². The van der Waals surface area contributed by atoms with Crippen LogP contribution in [0, 0.1) is 11.3 Å². The van der Waals surface area contributed by atoms with Crippen LogP contribution in [0.5, 0.6) is 0 Å². The Morgan fingerprint density at radius 2 is 1.77 bits per heavy atom. The number of carbonyl (C=O) groups is 1. The van der Waals surface area contributed by atoms with Crippen LogP contribution in [-0.4, -0.2) is 56.0 Å². The van der Waals surface area contributed by atoms with Gasteiger partial charge in [0.25, 0.3) is 0 Å². The summed E-state index contributed by atoms with van der Waals surface area (Å²) >= 11 is 0. The summed E-state index contributed by atoms with van der Waals surface area (Å²) in [5, 5.41) is 15.3. The minimum Gasteiger partial charge on any atom is -0.376 e. The summed E-state index contributed by atoms with van der Waals surface area (Å²) in [4.78, 5) is 12.5. The molecule has 1 aliphatic carbocycles. The summed E-state index contributed by atoms with van der Waals surface area (Å²) in [5.74, 6) is -0.244. The number of nitrogens with one attached hydrogen (secondary N) is 2. The predicted molar refractivity (Wildman–Crippen MR) is 113 cm³/mol. The Labute approximate surface area is 178 Å². The second-order valence-corrected chi connectivity index (χ2v) is 10.2. The molecule has 0 radical (unpaired) electrons. The number of hydrogen-bond acceptors (Lipinski definition) is 6. The van der Waals surface area contributed by atoms with E-state index in [1.807, 2.05) is 13.8 Å². The summed E-state index contributed by atoms with van der Waals surface area (Å²) in [6.45, 7) is 4.40. The Balaban J connectivity index is 1.58. The number of amides is 1. The van der Waals surface area contributed by atoms with Crippen LogP contribution in [0.4, 0.5) is 5.69 Å². The molecule has 1 heterocycles. The van der Waals surface area contributed by atoms with Gasteiger partial charge in [0.05, 0.1) is 29.7 Å². The van der Waals surface area contributed by atoms with Gasteiger partial charge in [0.1, 0.15) is 5.54 Å². The van der Waals surface area contributed by atoms with E-state index in [4.69, 9.17) is 4.74 Å². The second kappa shape index (κ2) is 9.33. The number of nitrogens with zero attached hydrogens (tertiary/aromatic N) is 2. The molecule has 1 aromatic carbocycles. The predicted octanol–water partition coefficient (Wildman–Crippen LogP) is 2.24. The van der Waals surface area contributed by atoms with E-state index in [1.54, 1.807) is 12.1 Å². The number of sulfonamides is 1. The molecule has 0 bridgehead atoms. The normalized spacial score (nSPS) is 24.6. The summed E-state index contributed by atoms with van der Waals surface area (Å²) in [5.41, 5.74) is -0.121. The Morgan fingerprint density at radius 3 is 2.33 bits per heavy atom. The maximum atomic E-state index is 12.9. The summed E-state index contributed by atoms with van der Waals surface area (Å²) < 4.78 is 32.9. The highest BCUT2D eigenvalue weighted by molar-refractivity contribution is 7.89. The molecule has 164 valence electrons. The van der Waals surface area contributed by atoms with Crippen LogP contribution >= 0.6 is 0 Å². The van der Waals surface area contributed by atoms with Crippen LogP contribution in [0.25, 0.3) is 0 Å². The summed E-state index contributed by atoms with van der Waals surface area (Å²) in [7, 11) is -3.60. The third-order valence-corrected chi connectivity index (χ3v) is 7.48. The van der Waals surface area contributed by atoms with Gasteiger partial charge in [-0.1, -0.05) is 19.3 Å². The largest absolute Gasteiger partial charge is 0.376 e. The van der Waals surface area contributed by atoms with Crippen molar-refractivity contribution < 1.29 is 17.9 Å². The lowest BCUT2D eigenvalue weighted by Gasteiger charge is -2.34. The number of benzene rings is 1. The number of morpholine rings is 1. The minimum atomic E-state index is -3.60. The highest BCUT2D eigenvalue weighted by atomic mass is 32.2. The van der Waals surface area contributed by atoms with Crippen molar-refractivity contribution >= 4 is 21.6 Å². The first-order valence-electron chi connectivity index (χ1n) is 10.5. The highest BCUT2D eigenvalue weighted by Crippen LogP contribution is 2.27. The van der Waals surface area contributed by atoms with Gasteiger partial charge in [-0.15, -0.1) is 0 Å². The molecule has 2 aliphatic rings. The maximum absolute atomic E-state index is 12.9. The van der Waals surface area contributed by atoms with E-state index in [0.29, 0.717) is 31.6 Å². The molecule has 9 heteroatoms. The van der Waals surface area contributed by atoms with Crippen LogP contribution in [0.15, 0.2) is 29.2 Å². The topological polar surface area (TPSA) is 112 Å². The van der Waals surface area contributed by atoms with Gasteiger partial charge < -0.3 is 15.4 Å². The first kappa shape index (κ1) is 22.5. The van der Waals surface area contributed by atoms with E-state index in [-0.39, 0.29) is 29.6 Å². The molecule has 1 amide bonds. The van der Waals surface area contributed by atoms with Crippen molar-refractivity contribution in [1.29, 1.82) is 5.26 Å². The van der Waals surface area contributed by atoms with Crippen molar-refractivity contribution in [2.45, 2.75) is 68.6 Å². The Kier molecular flexibility index (Phi) is 7.01. The Bertz CT molecular complexity index is 879. The van der Waals surface area contributed by atoms with Gasteiger partial charge in [-0.25, -0.2) is 8.42 Å². The van der Waals surface area contributed by atoms with E-state index in [0.717, 1.165) is 19.3 Å². The molecule has 1 saturated carbocycles. The molecule has 1 aliphatic heterocycles. The molecule has 2 atom stereocenters. The molecule has 0 spiro atoms. The first-order chi connectivity index (χ1) is 14.2. The van der Waals surface area contributed by atoms with Crippen molar-refractivity contribution in [3.05, 3.63) is 24.3 Å². The van der Waals surface area contributed by atoms with Crippen LogP contribution in [-0.2, 0) is 19.6 Å². The maximum Gasteiger partial charge on any atom is 0.243 e. The van der Waals surface area contributed by atoms with E-state index < -0.39 is 15.6 Å². The molecular formula is C21H30N4O4S. The lowest BCUT2D eigenvalue weighted by Crippen LogP contribution is -2.50. The lowest BCUT2D eigenvalue weighted by molar-refractivity contribution is -0.121. The van der Waals surface area contributed by atoms with Crippen LogP contribution in [0.1, 0.15) is 46.0 Å². The van der Waals surface area contributed by atoms with Crippen LogP contribution in [0.3, 0.4) is 0 Å². The molecule has 1 aromatic rings. The standard InChI is InChI=1S/C21H30N4O4S/c1-16-13-25(14-17(2)29-16)30(27,28)19-8-6-18(7-9-19)23-12-20(26)24-21(15-22)10-4-3-5-11-21/h6-9,16-17,23H,3-5,10-14H2,1-2H3,(H,24,26). The quantitative estimate of drug-likeness (QED) is 0.710. The van der Waals surface area contributed by atoms with E-state index in [1.165, 1.54) is 16.4 Å². The van der Waals surface area contributed by atoms with Gasteiger partial charge in [0.2, 0.25) is 15.9 Å². The Morgan fingerprint density at radius 1 is 1.17 bits per heavy atom. The van der Waals surface area contributed by atoms with E-state index in [9.17, 15) is 18.5 Å². The third-order valence-electron chi connectivity index (χ3n) is 5.63.